The number of alkyl halides is 1. The van der Waals surface area contributed by atoms with Crippen molar-refractivity contribution in [3.63, 3.8) is 0 Å². The molecular formula is C14H16Br2F2O. The quantitative estimate of drug-likeness (QED) is 0.479. The van der Waals surface area contributed by atoms with E-state index in [-0.39, 0.29) is 15.1 Å². The van der Waals surface area contributed by atoms with E-state index in [4.69, 9.17) is 4.74 Å². The minimum atomic E-state index is -0.429. The van der Waals surface area contributed by atoms with E-state index >= 15 is 0 Å². The zero-order chi connectivity index (χ0) is 14.0. The molecule has 106 valence electrons. The molecule has 0 N–H and O–H groups in total. The Balaban J connectivity index is 1.94. The Morgan fingerprint density at radius 2 is 2.00 bits per heavy atom. The number of benzene rings is 1. The summed E-state index contributed by atoms with van der Waals surface area (Å²) in [7, 11) is 0. The highest BCUT2D eigenvalue weighted by Gasteiger charge is 2.31. The Morgan fingerprint density at radius 1 is 1.32 bits per heavy atom. The van der Waals surface area contributed by atoms with Crippen LogP contribution in [-0.2, 0) is 4.74 Å². The van der Waals surface area contributed by atoms with Gasteiger partial charge in [0.1, 0.15) is 11.6 Å². The third-order valence-corrected chi connectivity index (χ3v) is 4.99. The summed E-state index contributed by atoms with van der Waals surface area (Å²) in [5, 5.41) is 0. The summed E-state index contributed by atoms with van der Waals surface area (Å²) in [4.78, 5) is -0.150. The summed E-state index contributed by atoms with van der Waals surface area (Å²) in [6, 6.07) is 2.44. The van der Waals surface area contributed by atoms with Gasteiger partial charge in [-0.25, -0.2) is 8.78 Å². The van der Waals surface area contributed by atoms with Crippen LogP contribution in [0.15, 0.2) is 16.6 Å². The highest BCUT2D eigenvalue weighted by atomic mass is 79.9. The van der Waals surface area contributed by atoms with Crippen molar-refractivity contribution in [2.75, 3.05) is 6.61 Å². The van der Waals surface area contributed by atoms with Gasteiger partial charge in [0, 0.05) is 17.0 Å². The molecule has 0 aliphatic heterocycles. The Hall–Kier alpha value is -0.0000000000000000555. The lowest BCUT2D eigenvalue weighted by molar-refractivity contribution is -0.0265. The van der Waals surface area contributed by atoms with Crippen LogP contribution in [-0.4, -0.2) is 12.7 Å². The van der Waals surface area contributed by atoms with Gasteiger partial charge in [0.15, 0.2) is 0 Å². The SMILES string of the molecule is CCOC1CC(CC(Br)c2cc(F)c(Br)cc2F)C1. The fourth-order valence-electron chi connectivity index (χ4n) is 2.44. The molecule has 1 aromatic rings. The first-order chi connectivity index (χ1) is 9.01. The minimum Gasteiger partial charge on any atom is -0.378 e. The van der Waals surface area contributed by atoms with Crippen LogP contribution >= 0.6 is 31.9 Å². The van der Waals surface area contributed by atoms with Crippen LogP contribution in [0.2, 0.25) is 0 Å². The van der Waals surface area contributed by atoms with Crippen molar-refractivity contribution in [1.29, 1.82) is 0 Å². The second kappa shape index (κ2) is 6.64. The lowest BCUT2D eigenvalue weighted by Gasteiger charge is -2.36. The lowest BCUT2D eigenvalue weighted by atomic mass is 9.78. The molecule has 19 heavy (non-hydrogen) atoms. The van der Waals surface area contributed by atoms with Crippen LogP contribution in [0.3, 0.4) is 0 Å². The predicted molar refractivity (Wildman–Crippen MR) is 78.5 cm³/mol. The largest absolute Gasteiger partial charge is 0.378 e. The van der Waals surface area contributed by atoms with E-state index in [2.05, 4.69) is 31.9 Å². The Morgan fingerprint density at radius 3 is 2.63 bits per heavy atom. The van der Waals surface area contributed by atoms with Gasteiger partial charge in [0.25, 0.3) is 0 Å². The number of rotatable bonds is 5. The first-order valence-electron chi connectivity index (χ1n) is 6.41. The Labute approximate surface area is 129 Å². The van der Waals surface area contributed by atoms with Gasteiger partial charge < -0.3 is 4.74 Å². The van der Waals surface area contributed by atoms with Crippen LogP contribution in [0.25, 0.3) is 0 Å². The molecule has 1 aliphatic rings. The molecule has 0 aromatic heterocycles. The van der Waals surface area contributed by atoms with E-state index in [1.165, 1.54) is 12.1 Å². The molecule has 1 saturated carbocycles. The third-order valence-electron chi connectivity index (χ3n) is 3.51. The molecule has 1 unspecified atom stereocenters. The highest BCUT2D eigenvalue weighted by Crippen LogP contribution is 2.41. The molecule has 1 aromatic carbocycles. The van der Waals surface area contributed by atoms with Gasteiger partial charge in [0.2, 0.25) is 0 Å². The predicted octanol–water partition coefficient (Wildman–Crippen LogP) is 5.37. The van der Waals surface area contributed by atoms with Crippen molar-refractivity contribution in [1.82, 2.24) is 0 Å². The second-order valence-corrected chi connectivity index (χ2v) is 6.87. The standard InChI is InChI=1S/C14H16Br2F2O/c1-2-19-9-3-8(4-9)5-11(15)10-6-14(18)12(16)7-13(10)17/h6-9,11H,2-5H2,1H3. The molecule has 1 atom stereocenters. The Kier molecular flexibility index (Phi) is 5.37. The van der Waals surface area contributed by atoms with Gasteiger partial charge in [-0.05, 0) is 60.2 Å². The first-order valence-corrected chi connectivity index (χ1v) is 8.12. The molecule has 0 bridgehead atoms. The summed E-state index contributed by atoms with van der Waals surface area (Å²) in [6.07, 6.45) is 3.18. The summed E-state index contributed by atoms with van der Waals surface area (Å²) in [5.41, 5.74) is 0.389. The topological polar surface area (TPSA) is 9.23 Å². The molecule has 1 aliphatic carbocycles. The molecule has 0 heterocycles. The van der Waals surface area contributed by atoms with Crippen LogP contribution in [0.4, 0.5) is 8.78 Å². The smallest absolute Gasteiger partial charge is 0.137 e. The van der Waals surface area contributed by atoms with E-state index in [1.54, 1.807) is 0 Å². The highest BCUT2D eigenvalue weighted by molar-refractivity contribution is 9.10. The van der Waals surface area contributed by atoms with Gasteiger partial charge in [-0.15, -0.1) is 0 Å². The van der Waals surface area contributed by atoms with E-state index in [9.17, 15) is 8.78 Å². The summed E-state index contributed by atoms with van der Waals surface area (Å²) < 4.78 is 32.9. The third kappa shape index (κ3) is 3.76. The minimum absolute atomic E-state index is 0.150. The Bertz CT molecular complexity index is 447. The monoisotopic (exact) mass is 396 g/mol. The molecule has 0 radical (unpaired) electrons. The zero-order valence-corrected chi connectivity index (χ0v) is 13.8. The van der Waals surface area contributed by atoms with Gasteiger partial charge in [-0.1, -0.05) is 15.9 Å². The van der Waals surface area contributed by atoms with E-state index in [1.807, 2.05) is 6.92 Å². The van der Waals surface area contributed by atoms with Crippen molar-refractivity contribution in [3.8, 4) is 0 Å². The maximum Gasteiger partial charge on any atom is 0.137 e. The fraction of sp³-hybridized carbons (Fsp3) is 0.571. The number of hydrogen-bond donors (Lipinski definition) is 0. The van der Waals surface area contributed by atoms with Crippen LogP contribution in [0.1, 0.15) is 36.6 Å². The molecule has 0 saturated heterocycles. The average molecular weight is 398 g/mol. The zero-order valence-electron chi connectivity index (χ0n) is 10.6. The maximum absolute atomic E-state index is 13.8. The average Bonchev–Trinajstić information content (AvgIpc) is 2.31. The van der Waals surface area contributed by atoms with Crippen LogP contribution < -0.4 is 0 Å². The van der Waals surface area contributed by atoms with E-state index < -0.39 is 5.82 Å². The first kappa shape index (κ1) is 15.4. The summed E-state index contributed by atoms with van der Waals surface area (Å²) in [5.74, 6) is -0.287. The van der Waals surface area contributed by atoms with E-state index in [0.717, 1.165) is 25.9 Å². The second-order valence-electron chi connectivity index (χ2n) is 4.91. The van der Waals surface area contributed by atoms with E-state index in [0.29, 0.717) is 17.6 Å². The van der Waals surface area contributed by atoms with Crippen molar-refractivity contribution in [2.45, 2.75) is 37.1 Å². The molecule has 1 fully saturated rings. The van der Waals surface area contributed by atoms with Gasteiger partial charge in [-0.2, -0.15) is 0 Å². The van der Waals surface area contributed by atoms with Crippen LogP contribution in [0, 0.1) is 17.6 Å². The van der Waals surface area contributed by atoms with Gasteiger partial charge >= 0.3 is 0 Å². The normalized spacial score (nSPS) is 24.1. The summed E-state index contributed by atoms with van der Waals surface area (Å²) >= 11 is 6.45. The number of hydrogen-bond acceptors (Lipinski definition) is 1. The molecule has 5 heteroatoms. The van der Waals surface area contributed by atoms with Crippen molar-refractivity contribution in [3.05, 3.63) is 33.8 Å². The lowest BCUT2D eigenvalue weighted by Crippen LogP contribution is -2.31. The maximum atomic E-state index is 13.8. The van der Waals surface area contributed by atoms with Gasteiger partial charge in [-0.3, -0.25) is 0 Å². The summed E-state index contributed by atoms with van der Waals surface area (Å²) in [6.45, 7) is 2.72. The molecule has 2 rings (SSSR count). The van der Waals surface area contributed by atoms with Crippen molar-refractivity contribution < 1.29 is 13.5 Å². The molecule has 0 spiro atoms. The number of halogens is 4. The molecule has 0 amide bonds. The fourth-order valence-corrected chi connectivity index (χ4v) is 3.63. The van der Waals surface area contributed by atoms with Crippen molar-refractivity contribution >= 4 is 31.9 Å². The van der Waals surface area contributed by atoms with Gasteiger partial charge in [0.05, 0.1) is 10.6 Å². The van der Waals surface area contributed by atoms with Crippen LogP contribution in [0.5, 0.6) is 0 Å². The number of ether oxygens (including phenoxy) is 1. The molecule has 1 nitrogen and oxygen atoms in total. The van der Waals surface area contributed by atoms with Crippen molar-refractivity contribution in [2.24, 2.45) is 5.92 Å². The molecular weight excluding hydrogens is 382 g/mol.